The Morgan fingerprint density at radius 2 is 1.95 bits per heavy atom. The van der Waals surface area contributed by atoms with Gasteiger partial charge in [-0.1, -0.05) is 12.8 Å². The van der Waals surface area contributed by atoms with Gasteiger partial charge in [0.15, 0.2) is 0 Å². The second kappa shape index (κ2) is 6.17. The minimum atomic E-state index is -0.477. The predicted molar refractivity (Wildman–Crippen MR) is 81.6 cm³/mol. The van der Waals surface area contributed by atoms with Crippen molar-refractivity contribution in [1.29, 1.82) is 0 Å². The van der Waals surface area contributed by atoms with E-state index in [9.17, 15) is 4.79 Å². The van der Waals surface area contributed by atoms with Crippen LogP contribution in [0.5, 0.6) is 0 Å². The maximum absolute atomic E-state index is 12.0. The first-order valence-electron chi connectivity index (χ1n) is 7.07. The molecular weight excluding hydrogens is 250 g/mol. The number of carbonyl (C=O) groups is 1. The quantitative estimate of drug-likeness (QED) is 0.617. The van der Waals surface area contributed by atoms with Crippen LogP contribution in [0.15, 0.2) is 18.5 Å². The molecule has 20 heavy (non-hydrogen) atoms. The maximum atomic E-state index is 12.0. The van der Waals surface area contributed by atoms with E-state index in [1.165, 1.54) is 0 Å². The lowest BCUT2D eigenvalue weighted by molar-refractivity contribution is 0.00695. The van der Waals surface area contributed by atoms with Gasteiger partial charge in [0.25, 0.3) is 0 Å². The van der Waals surface area contributed by atoms with Gasteiger partial charge >= 0.3 is 5.97 Å². The second-order valence-electron chi connectivity index (χ2n) is 6.42. The van der Waals surface area contributed by atoms with Crippen LogP contribution in [0, 0.1) is 11.8 Å². The molecule has 1 heterocycles. The average molecular weight is 275 g/mol. The molecule has 110 valence electrons. The molecule has 0 atom stereocenters. The van der Waals surface area contributed by atoms with Gasteiger partial charge < -0.3 is 9.30 Å². The number of nitrogens with zero attached hydrogens (tertiary/aromatic N) is 1. The first kappa shape index (κ1) is 16.4. The number of aromatic nitrogens is 1. The van der Waals surface area contributed by atoms with E-state index in [4.69, 9.17) is 4.74 Å². The molecule has 0 bridgehead atoms. The van der Waals surface area contributed by atoms with Gasteiger partial charge in [-0.05, 0) is 47.1 Å². The molecule has 3 nitrogen and oxygen atoms in total. The van der Waals surface area contributed by atoms with Crippen LogP contribution in [0.3, 0.4) is 0 Å². The van der Waals surface area contributed by atoms with Crippen molar-refractivity contribution >= 4 is 5.97 Å². The van der Waals surface area contributed by atoms with Crippen LogP contribution in [0.4, 0.5) is 0 Å². The number of hydrogen-bond acceptors (Lipinski definition) is 2. The molecule has 0 aliphatic carbocycles. The summed E-state index contributed by atoms with van der Waals surface area (Å²) in [5.74, 6) is 6.10. The van der Waals surface area contributed by atoms with E-state index in [-0.39, 0.29) is 11.5 Å². The number of esters is 1. The highest BCUT2D eigenvalue weighted by Gasteiger charge is 2.21. The zero-order chi connectivity index (χ0) is 15.4. The molecule has 0 aliphatic heterocycles. The Morgan fingerprint density at radius 3 is 2.50 bits per heavy atom. The normalized spacial score (nSPS) is 11.7. The fourth-order valence-corrected chi connectivity index (χ4v) is 1.67. The van der Waals surface area contributed by atoms with Gasteiger partial charge in [-0.25, -0.2) is 4.79 Å². The van der Waals surface area contributed by atoms with Crippen LogP contribution >= 0.6 is 0 Å². The molecule has 0 N–H and O–H groups in total. The lowest BCUT2D eigenvalue weighted by atomic mass is 10.1. The number of carbonyl (C=O) groups excluding carboxylic acids is 1. The summed E-state index contributed by atoms with van der Waals surface area (Å²) < 4.78 is 7.31. The van der Waals surface area contributed by atoms with E-state index < -0.39 is 5.60 Å². The minimum Gasteiger partial charge on any atom is -0.456 e. The van der Waals surface area contributed by atoms with Crippen molar-refractivity contribution in [3.8, 4) is 11.8 Å². The standard InChI is InChI=1S/C17H25NO2/c1-7-8-9-11-17(5,6)18-12-10-14(13-18)15(19)20-16(2,3)4/h10,12-13H,7-8H2,1-6H3. The highest BCUT2D eigenvalue weighted by atomic mass is 16.6. The predicted octanol–water partition coefficient (Wildman–Crippen LogP) is 3.98. The maximum Gasteiger partial charge on any atom is 0.340 e. The summed E-state index contributed by atoms with van der Waals surface area (Å²) in [6.07, 6.45) is 5.62. The van der Waals surface area contributed by atoms with Crippen LogP contribution in [0.25, 0.3) is 0 Å². The van der Waals surface area contributed by atoms with Crippen molar-refractivity contribution in [3.05, 3.63) is 24.0 Å². The zero-order valence-corrected chi connectivity index (χ0v) is 13.4. The fraction of sp³-hybridized carbons (Fsp3) is 0.588. The molecule has 0 aromatic carbocycles. The molecule has 1 aromatic rings. The monoisotopic (exact) mass is 275 g/mol. The van der Waals surface area contributed by atoms with Gasteiger partial charge in [-0.3, -0.25) is 0 Å². The Hall–Kier alpha value is -1.69. The van der Waals surface area contributed by atoms with Crippen LogP contribution in [0.2, 0.25) is 0 Å². The van der Waals surface area contributed by atoms with Gasteiger partial charge in [0, 0.05) is 18.8 Å². The third-order valence-electron chi connectivity index (χ3n) is 2.74. The molecule has 1 aromatic heterocycles. The summed E-state index contributed by atoms with van der Waals surface area (Å²) in [7, 11) is 0. The second-order valence-corrected chi connectivity index (χ2v) is 6.42. The summed E-state index contributed by atoms with van der Waals surface area (Å²) in [5.41, 5.74) is -0.240. The molecule has 3 heteroatoms. The van der Waals surface area contributed by atoms with Crippen molar-refractivity contribution in [2.24, 2.45) is 0 Å². The number of unbranched alkanes of at least 4 members (excludes halogenated alkanes) is 1. The molecule has 0 amide bonds. The van der Waals surface area contributed by atoms with E-state index in [1.807, 2.05) is 45.4 Å². The summed E-state index contributed by atoms with van der Waals surface area (Å²) in [6, 6.07) is 1.78. The Bertz CT molecular complexity index is 521. The van der Waals surface area contributed by atoms with Crippen molar-refractivity contribution < 1.29 is 9.53 Å². The lowest BCUT2D eigenvalue weighted by Gasteiger charge is -2.21. The van der Waals surface area contributed by atoms with Gasteiger partial charge in [0.2, 0.25) is 0 Å². The number of rotatable bonds is 3. The SMILES string of the molecule is CCCC#CC(C)(C)n1ccc(C(=O)OC(C)(C)C)c1. The van der Waals surface area contributed by atoms with E-state index in [1.54, 1.807) is 12.3 Å². The Morgan fingerprint density at radius 1 is 1.30 bits per heavy atom. The van der Waals surface area contributed by atoms with Crippen LogP contribution in [0.1, 0.15) is 64.7 Å². The van der Waals surface area contributed by atoms with E-state index in [0.717, 1.165) is 12.8 Å². The Balaban J connectivity index is 2.87. The summed E-state index contributed by atoms with van der Waals surface area (Å²) in [6.45, 7) is 11.8. The number of hydrogen-bond donors (Lipinski definition) is 0. The molecule has 1 rings (SSSR count). The minimum absolute atomic E-state index is 0.298. The third kappa shape index (κ3) is 4.77. The van der Waals surface area contributed by atoms with Crippen molar-refractivity contribution in [2.45, 2.75) is 65.5 Å². The molecule has 0 spiro atoms. The summed E-state index contributed by atoms with van der Waals surface area (Å²) >= 11 is 0. The first-order valence-corrected chi connectivity index (χ1v) is 7.07. The Kier molecular flexibility index (Phi) is 5.05. The molecule has 0 radical (unpaired) electrons. The van der Waals surface area contributed by atoms with Crippen LogP contribution < -0.4 is 0 Å². The molecule has 0 saturated carbocycles. The molecule has 0 unspecified atom stereocenters. The van der Waals surface area contributed by atoms with Crippen molar-refractivity contribution in [1.82, 2.24) is 4.57 Å². The fourth-order valence-electron chi connectivity index (χ4n) is 1.67. The van der Waals surface area contributed by atoms with Crippen molar-refractivity contribution in [3.63, 3.8) is 0 Å². The molecule has 0 aliphatic rings. The van der Waals surface area contributed by atoms with E-state index >= 15 is 0 Å². The number of ether oxygens (including phenoxy) is 1. The van der Waals surface area contributed by atoms with Crippen LogP contribution in [-0.2, 0) is 10.3 Å². The third-order valence-corrected chi connectivity index (χ3v) is 2.74. The van der Waals surface area contributed by atoms with E-state index in [2.05, 4.69) is 18.8 Å². The highest BCUT2D eigenvalue weighted by Crippen LogP contribution is 2.18. The largest absolute Gasteiger partial charge is 0.456 e. The van der Waals surface area contributed by atoms with Crippen molar-refractivity contribution in [2.75, 3.05) is 0 Å². The molecular formula is C17H25NO2. The summed E-state index contributed by atoms with van der Waals surface area (Å²) in [4.78, 5) is 12.0. The lowest BCUT2D eigenvalue weighted by Crippen LogP contribution is -2.24. The summed E-state index contributed by atoms with van der Waals surface area (Å²) in [5, 5.41) is 0. The molecule has 0 saturated heterocycles. The zero-order valence-electron chi connectivity index (χ0n) is 13.4. The average Bonchev–Trinajstić information content (AvgIpc) is 2.76. The topological polar surface area (TPSA) is 31.2 Å². The Labute approximate surface area is 122 Å². The highest BCUT2D eigenvalue weighted by molar-refractivity contribution is 5.89. The molecule has 0 fully saturated rings. The van der Waals surface area contributed by atoms with E-state index in [0.29, 0.717) is 5.56 Å². The van der Waals surface area contributed by atoms with Crippen LogP contribution in [-0.4, -0.2) is 16.1 Å². The first-order chi connectivity index (χ1) is 9.15. The van der Waals surface area contributed by atoms with Gasteiger partial charge in [0.05, 0.1) is 11.1 Å². The van der Waals surface area contributed by atoms with Gasteiger partial charge in [-0.2, -0.15) is 0 Å². The van der Waals surface area contributed by atoms with Gasteiger partial charge in [0.1, 0.15) is 5.60 Å². The van der Waals surface area contributed by atoms with Gasteiger partial charge in [-0.15, -0.1) is 5.92 Å². The smallest absolute Gasteiger partial charge is 0.340 e.